The van der Waals surface area contributed by atoms with Crippen molar-refractivity contribution in [1.29, 1.82) is 0 Å². The van der Waals surface area contributed by atoms with Gasteiger partial charge < -0.3 is 10.8 Å². The van der Waals surface area contributed by atoms with Crippen LogP contribution in [0, 0.1) is 0 Å². The van der Waals surface area contributed by atoms with Crippen LogP contribution in [-0.2, 0) is 0 Å². The van der Waals surface area contributed by atoms with Crippen molar-refractivity contribution in [3.63, 3.8) is 0 Å². The second kappa shape index (κ2) is 2.75. The Hall–Kier alpha value is -0.955. The van der Waals surface area contributed by atoms with Crippen LogP contribution in [0.1, 0.15) is 0 Å². The maximum atomic E-state index is 9.12. The molecular formula is C7H10BNO. The number of nitrogens with two attached hydrogens (primary N) is 1. The van der Waals surface area contributed by atoms with Crippen LogP contribution < -0.4 is 11.2 Å². The summed E-state index contributed by atoms with van der Waals surface area (Å²) in [6.07, 6.45) is 0. The van der Waals surface area contributed by atoms with Crippen molar-refractivity contribution in [2.75, 3.05) is 5.73 Å². The Kier molecular flexibility index (Phi) is 1.97. The highest BCUT2D eigenvalue weighted by Gasteiger charge is 2.07. The minimum absolute atomic E-state index is 0.471. The molecule has 2 nitrogen and oxygen atoms in total. The molecule has 1 aromatic rings. The lowest BCUT2D eigenvalue weighted by Gasteiger charge is -2.02. The van der Waals surface area contributed by atoms with Gasteiger partial charge in [-0.1, -0.05) is 25.0 Å². The Bertz CT molecular complexity index is 225. The summed E-state index contributed by atoms with van der Waals surface area (Å²) in [5.74, 6) is 0. The third kappa shape index (κ3) is 1.31. The van der Waals surface area contributed by atoms with E-state index in [0.717, 1.165) is 5.46 Å². The number of benzene rings is 1. The molecule has 52 valence electrons. The molecule has 0 bridgehead atoms. The Morgan fingerprint density at radius 1 is 1.40 bits per heavy atom. The van der Waals surface area contributed by atoms with Gasteiger partial charge in [0.2, 0.25) is 0 Å². The van der Waals surface area contributed by atoms with Gasteiger partial charge in [0.1, 0.15) is 0 Å². The predicted molar refractivity (Wildman–Crippen MR) is 44.3 cm³/mol. The number of para-hydroxylation sites is 1. The monoisotopic (exact) mass is 135 g/mol. The zero-order valence-electron chi connectivity index (χ0n) is 5.91. The molecule has 0 unspecified atom stereocenters. The van der Waals surface area contributed by atoms with E-state index in [4.69, 9.17) is 10.8 Å². The van der Waals surface area contributed by atoms with Crippen molar-refractivity contribution < 1.29 is 5.02 Å². The first-order valence-corrected chi connectivity index (χ1v) is 3.24. The number of anilines is 1. The van der Waals surface area contributed by atoms with Crippen LogP contribution in [-0.4, -0.2) is 11.9 Å². The third-order valence-electron chi connectivity index (χ3n) is 1.45. The Balaban J connectivity index is 3.03. The Morgan fingerprint density at radius 2 is 2.00 bits per heavy atom. The predicted octanol–water partition coefficient (Wildman–Crippen LogP) is 0.0894. The van der Waals surface area contributed by atoms with Crippen LogP contribution in [0.5, 0.6) is 0 Å². The standard InChI is InChI=1S/C7H10BNO/c1-8(10)6-4-2-3-5-7(6)9/h2-5,10H,9H2,1H3. The largest absolute Gasteiger partial charge is 0.446 e. The van der Waals surface area contributed by atoms with Gasteiger partial charge in [-0.05, 0) is 11.5 Å². The SMILES string of the molecule is CB(O)c1ccccc1N. The normalized spacial score (nSPS) is 9.40. The van der Waals surface area contributed by atoms with Crippen LogP contribution >= 0.6 is 0 Å². The van der Waals surface area contributed by atoms with Crippen LogP contribution in [0.2, 0.25) is 6.82 Å². The Labute approximate surface area is 60.8 Å². The first-order valence-electron chi connectivity index (χ1n) is 3.24. The van der Waals surface area contributed by atoms with Crippen LogP contribution in [0.15, 0.2) is 24.3 Å². The molecule has 10 heavy (non-hydrogen) atoms. The molecule has 0 aliphatic carbocycles. The number of hydrogen-bond donors (Lipinski definition) is 2. The molecule has 0 radical (unpaired) electrons. The molecule has 0 amide bonds. The van der Waals surface area contributed by atoms with Gasteiger partial charge >= 0.3 is 6.92 Å². The molecule has 1 aromatic carbocycles. The van der Waals surface area contributed by atoms with E-state index in [1.165, 1.54) is 0 Å². The highest BCUT2D eigenvalue weighted by molar-refractivity contribution is 6.66. The molecule has 0 atom stereocenters. The van der Waals surface area contributed by atoms with Gasteiger partial charge in [-0.25, -0.2) is 0 Å². The lowest BCUT2D eigenvalue weighted by Crippen LogP contribution is -2.28. The van der Waals surface area contributed by atoms with E-state index in [0.29, 0.717) is 5.69 Å². The topological polar surface area (TPSA) is 46.2 Å². The number of nitrogen functional groups attached to an aromatic ring is 1. The molecule has 1 rings (SSSR count). The summed E-state index contributed by atoms with van der Waals surface area (Å²) in [6, 6.07) is 7.31. The summed E-state index contributed by atoms with van der Waals surface area (Å²) >= 11 is 0. The molecule has 0 saturated carbocycles. The van der Waals surface area contributed by atoms with Gasteiger partial charge in [0, 0.05) is 5.69 Å². The quantitative estimate of drug-likeness (QED) is 0.423. The van der Waals surface area contributed by atoms with Crippen LogP contribution in [0.4, 0.5) is 5.69 Å². The fourth-order valence-corrected chi connectivity index (χ4v) is 0.891. The molecule has 0 fully saturated rings. The summed E-state index contributed by atoms with van der Waals surface area (Å²) in [5, 5.41) is 9.12. The van der Waals surface area contributed by atoms with Gasteiger partial charge in [-0.2, -0.15) is 0 Å². The van der Waals surface area contributed by atoms with Crippen molar-refractivity contribution in [2.45, 2.75) is 6.82 Å². The van der Waals surface area contributed by atoms with Gasteiger partial charge in [-0.3, -0.25) is 0 Å². The van der Waals surface area contributed by atoms with Crippen molar-refractivity contribution in [2.24, 2.45) is 0 Å². The fraction of sp³-hybridized carbons (Fsp3) is 0.143. The zero-order chi connectivity index (χ0) is 7.56. The van der Waals surface area contributed by atoms with E-state index in [-0.39, 0.29) is 0 Å². The molecule has 3 heteroatoms. The second-order valence-corrected chi connectivity index (χ2v) is 2.30. The van der Waals surface area contributed by atoms with E-state index in [2.05, 4.69) is 0 Å². The maximum absolute atomic E-state index is 9.12. The first kappa shape index (κ1) is 7.16. The molecular weight excluding hydrogens is 125 g/mol. The van der Waals surface area contributed by atoms with Crippen molar-refractivity contribution in [3.8, 4) is 0 Å². The highest BCUT2D eigenvalue weighted by atomic mass is 16.2. The average Bonchev–Trinajstić information content (AvgIpc) is 1.88. The molecule has 0 heterocycles. The summed E-state index contributed by atoms with van der Waals surface area (Å²) in [6.45, 7) is 1.23. The summed E-state index contributed by atoms with van der Waals surface area (Å²) in [4.78, 5) is 0. The Morgan fingerprint density at radius 3 is 2.40 bits per heavy atom. The van der Waals surface area contributed by atoms with Gasteiger partial charge in [-0.15, -0.1) is 0 Å². The lowest BCUT2D eigenvalue weighted by atomic mass is 9.64. The van der Waals surface area contributed by atoms with Gasteiger partial charge in [0.05, 0.1) is 0 Å². The van der Waals surface area contributed by atoms with E-state index in [9.17, 15) is 0 Å². The summed E-state index contributed by atoms with van der Waals surface area (Å²) in [7, 11) is 0. The van der Waals surface area contributed by atoms with E-state index >= 15 is 0 Å². The summed E-state index contributed by atoms with van der Waals surface area (Å²) in [5.41, 5.74) is 7.01. The van der Waals surface area contributed by atoms with E-state index in [1.54, 1.807) is 12.9 Å². The van der Waals surface area contributed by atoms with Crippen molar-refractivity contribution in [1.82, 2.24) is 0 Å². The van der Waals surface area contributed by atoms with Gasteiger partial charge in [0.15, 0.2) is 0 Å². The zero-order valence-corrected chi connectivity index (χ0v) is 5.91. The smallest absolute Gasteiger partial charge is 0.322 e. The molecule has 0 aliphatic heterocycles. The van der Waals surface area contributed by atoms with E-state index in [1.807, 2.05) is 18.2 Å². The highest BCUT2D eigenvalue weighted by Crippen LogP contribution is 1.97. The van der Waals surface area contributed by atoms with Crippen LogP contribution in [0.3, 0.4) is 0 Å². The average molecular weight is 135 g/mol. The maximum Gasteiger partial charge on any atom is 0.322 e. The number of rotatable bonds is 1. The first-order chi connectivity index (χ1) is 4.72. The minimum Gasteiger partial charge on any atom is -0.446 e. The van der Waals surface area contributed by atoms with Crippen molar-refractivity contribution >= 4 is 18.1 Å². The minimum atomic E-state index is -0.471. The molecule has 0 aliphatic rings. The van der Waals surface area contributed by atoms with Gasteiger partial charge in [0.25, 0.3) is 0 Å². The molecule has 3 N–H and O–H groups in total. The molecule has 0 saturated heterocycles. The lowest BCUT2D eigenvalue weighted by molar-refractivity contribution is 0.594. The molecule has 0 aromatic heterocycles. The van der Waals surface area contributed by atoms with E-state index < -0.39 is 6.92 Å². The summed E-state index contributed by atoms with van der Waals surface area (Å²) < 4.78 is 0. The third-order valence-corrected chi connectivity index (χ3v) is 1.45. The van der Waals surface area contributed by atoms with Crippen LogP contribution in [0.25, 0.3) is 0 Å². The molecule has 0 spiro atoms. The second-order valence-electron chi connectivity index (χ2n) is 2.30. The fourth-order valence-electron chi connectivity index (χ4n) is 0.891. The number of hydrogen-bond acceptors (Lipinski definition) is 2. The van der Waals surface area contributed by atoms with Crippen molar-refractivity contribution in [3.05, 3.63) is 24.3 Å².